The molecular formula is C14H17FN4O2. The molecule has 112 valence electrons. The van der Waals surface area contributed by atoms with Crippen LogP contribution in [-0.2, 0) is 11.2 Å². The number of hydrazine groups is 1. The average molecular weight is 292 g/mol. The number of hydrogen-bond acceptors (Lipinski definition) is 4. The van der Waals surface area contributed by atoms with E-state index in [0.717, 1.165) is 5.69 Å². The zero-order chi connectivity index (χ0) is 15.1. The molecule has 3 rings (SSSR count). The summed E-state index contributed by atoms with van der Waals surface area (Å²) in [5.41, 5.74) is 5.33. The molecule has 0 aliphatic carbocycles. The monoisotopic (exact) mass is 292 g/mol. The van der Waals surface area contributed by atoms with Crippen molar-refractivity contribution in [3.8, 4) is 0 Å². The molecule has 0 saturated carbocycles. The van der Waals surface area contributed by atoms with E-state index in [4.69, 9.17) is 0 Å². The molecular weight excluding hydrogens is 275 g/mol. The Morgan fingerprint density at radius 1 is 1.38 bits per heavy atom. The lowest BCUT2D eigenvalue weighted by Crippen LogP contribution is -2.53. The molecule has 0 spiro atoms. The maximum absolute atomic E-state index is 14.1. The second kappa shape index (κ2) is 5.00. The van der Waals surface area contributed by atoms with Crippen molar-refractivity contribution >= 4 is 17.6 Å². The molecule has 21 heavy (non-hydrogen) atoms. The Bertz CT molecular complexity index is 619. The van der Waals surface area contributed by atoms with Crippen molar-refractivity contribution in [3.63, 3.8) is 0 Å². The van der Waals surface area contributed by atoms with Crippen LogP contribution in [0.3, 0.4) is 0 Å². The first-order valence-electron chi connectivity index (χ1n) is 6.94. The number of urea groups is 1. The minimum absolute atomic E-state index is 0.249. The van der Waals surface area contributed by atoms with Crippen LogP contribution in [0.25, 0.3) is 0 Å². The molecule has 2 N–H and O–H groups in total. The van der Waals surface area contributed by atoms with Crippen LogP contribution in [0.5, 0.6) is 0 Å². The first kappa shape index (κ1) is 13.8. The van der Waals surface area contributed by atoms with Crippen LogP contribution in [0.1, 0.15) is 30.6 Å². The van der Waals surface area contributed by atoms with Crippen molar-refractivity contribution in [1.29, 1.82) is 0 Å². The summed E-state index contributed by atoms with van der Waals surface area (Å²) in [6.45, 7) is 2.21. The Labute approximate surface area is 121 Å². The Morgan fingerprint density at radius 3 is 2.81 bits per heavy atom. The van der Waals surface area contributed by atoms with E-state index >= 15 is 0 Å². The van der Waals surface area contributed by atoms with Crippen LogP contribution in [0, 0.1) is 5.82 Å². The fourth-order valence-electron chi connectivity index (χ4n) is 2.78. The van der Waals surface area contributed by atoms with Gasteiger partial charge in [-0.3, -0.25) is 10.1 Å². The van der Waals surface area contributed by atoms with Gasteiger partial charge in [-0.15, -0.1) is 0 Å². The Balaban J connectivity index is 1.96. The maximum Gasteiger partial charge on any atom is 0.325 e. The van der Waals surface area contributed by atoms with Crippen molar-refractivity contribution < 1.29 is 14.0 Å². The summed E-state index contributed by atoms with van der Waals surface area (Å²) < 4.78 is 14.1. The normalized spacial score (nSPS) is 21.6. The van der Waals surface area contributed by atoms with Gasteiger partial charge < -0.3 is 9.91 Å². The predicted octanol–water partition coefficient (Wildman–Crippen LogP) is 1.28. The fourth-order valence-corrected chi connectivity index (χ4v) is 2.78. The smallest absolute Gasteiger partial charge is 0.309 e. The lowest BCUT2D eigenvalue weighted by atomic mass is 10.0. The molecule has 0 aromatic heterocycles. The highest BCUT2D eigenvalue weighted by atomic mass is 19.1. The number of nitrogens with one attached hydrogen (secondary N) is 2. The highest BCUT2D eigenvalue weighted by Crippen LogP contribution is 2.36. The Morgan fingerprint density at radius 2 is 2.14 bits per heavy atom. The molecule has 1 atom stereocenters. The number of carbonyl (C=O) groups excluding carboxylic acids is 2. The quantitative estimate of drug-likeness (QED) is 0.862. The van der Waals surface area contributed by atoms with Gasteiger partial charge >= 0.3 is 6.03 Å². The third kappa shape index (κ3) is 2.23. The molecule has 2 aliphatic rings. The number of nitrogens with zero attached hydrogens (tertiary/aromatic N) is 2. The van der Waals surface area contributed by atoms with E-state index < -0.39 is 12.2 Å². The third-order valence-corrected chi connectivity index (χ3v) is 3.95. The van der Waals surface area contributed by atoms with E-state index in [1.807, 2.05) is 14.0 Å². The lowest BCUT2D eigenvalue weighted by molar-refractivity contribution is -0.121. The number of amides is 3. The molecule has 3 amide bonds. The van der Waals surface area contributed by atoms with Gasteiger partial charge in [0.2, 0.25) is 5.91 Å². The number of rotatable bonds is 2. The highest BCUT2D eigenvalue weighted by Gasteiger charge is 2.37. The molecule has 7 heteroatoms. The van der Waals surface area contributed by atoms with Crippen LogP contribution >= 0.6 is 0 Å². The Hall–Kier alpha value is -2.15. The van der Waals surface area contributed by atoms with Gasteiger partial charge in [-0.25, -0.2) is 14.6 Å². The summed E-state index contributed by atoms with van der Waals surface area (Å²) in [5.74, 6) is -0.554. The Kier molecular flexibility index (Phi) is 3.29. The summed E-state index contributed by atoms with van der Waals surface area (Å²) in [7, 11) is 1.82. The second-order valence-electron chi connectivity index (χ2n) is 5.24. The van der Waals surface area contributed by atoms with Crippen LogP contribution in [0.15, 0.2) is 12.1 Å². The molecule has 1 aromatic rings. The van der Waals surface area contributed by atoms with E-state index in [9.17, 15) is 14.0 Å². The van der Waals surface area contributed by atoms with E-state index in [2.05, 4.69) is 10.7 Å². The summed E-state index contributed by atoms with van der Waals surface area (Å²) in [4.78, 5) is 24.7. The maximum atomic E-state index is 14.1. The number of fused-ring (bicyclic) bond motifs is 1. The standard InChI is InChI=1S/C14H17FN4O2/c1-3-8-6-11-9(7-10(8)15)13(17-18(11)2)19-5-4-12(20)16-14(19)21/h6-7,13,17H,3-5H2,1-2H3,(H,16,20,21). The van der Waals surface area contributed by atoms with Crippen LogP contribution in [0.2, 0.25) is 0 Å². The molecule has 0 radical (unpaired) electrons. The highest BCUT2D eigenvalue weighted by molar-refractivity contribution is 5.97. The molecule has 1 aromatic carbocycles. The van der Waals surface area contributed by atoms with Crippen LogP contribution in [0.4, 0.5) is 14.9 Å². The van der Waals surface area contributed by atoms with Crippen molar-refractivity contribution in [2.45, 2.75) is 25.9 Å². The SMILES string of the molecule is CCc1cc2c(cc1F)C(N1CCC(=O)NC1=O)NN2C. The minimum Gasteiger partial charge on any atom is -0.309 e. The third-order valence-electron chi connectivity index (χ3n) is 3.95. The number of hydrogen-bond donors (Lipinski definition) is 2. The summed E-state index contributed by atoms with van der Waals surface area (Å²) in [5, 5.41) is 4.06. The van der Waals surface area contributed by atoms with E-state index in [1.54, 1.807) is 11.1 Å². The number of aryl methyl sites for hydroxylation is 1. The first-order chi connectivity index (χ1) is 10.0. The molecule has 6 nitrogen and oxygen atoms in total. The predicted molar refractivity (Wildman–Crippen MR) is 74.9 cm³/mol. The van der Waals surface area contributed by atoms with Gasteiger partial charge in [0.25, 0.3) is 0 Å². The van der Waals surface area contributed by atoms with E-state index in [0.29, 0.717) is 24.1 Å². The van der Waals surface area contributed by atoms with Gasteiger partial charge in [-0.1, -0.05) is 6.92 Å². The van der Waals surface area contributed by atoms with Gasteiger partial charge in [0.05, 0.1) is 5.69 Å². The molecule has 0 bridgehead atoms. The van der Waals surface area contributed by atoms with Crippen molar-refractivity contribution in [3.05, 3.63) is 29.1 Å². The number of imide groups is 1. The number of carbonyl (C=O) groups is 2. The number of benzene rings is 1. The number of halogens is 1. The van der Waals surface area contributed by atoms with Crippen molar-refractivity contribution in [2.75, 3.05) is 18.6 Å². The average Bonchev–Trinajstić information content (AvgIpc) is 2.74. The van der Waals surface area contributed by atoms with Crippen LogP contribution < -0.4 is 15.8 Å². The van der Waals surface area contributed by atoms with E-state index in [-0.39, 0.29) is 18.1 Å². The first-order valence-corrected chi connectivity index (χ1v) is 6.94. The van der Waals surface area contributed by atoms with Crippen molar-refractivity contribution in [2.24, 2.45) is 0 Å². The molecule has 1 fully saturated rings. The number of anilines is 1. The summed E-state index contributed by atoms with van der Waals surface area (Å²) in [6.07, 6.45) is 0.396. The molecule has 2 aliphatic heterocycles. The van der Waals surface area contributed by atoms with Gasteiger partial charge in [0, 0.05) is 25.6 Å². The summed E-state index contributed by atoms with van der Waals surface area (Å²) >= 11 is 0. The molecule has 1 saturated heterocycles. The van der Waals surface area contributed by atoms with Gasteiger partial charge in [0.15, 0.2) is 0 Å². The zero-order valence-corrected chi connectivity index (χ0v) is 11.9. The van der Waals surface area contributed by atoms with E-state index in [1.165, 1.54) is 11.0 Å². The molecule has 1 unspecified atom stereocenters. The summed E-state index contributed by atoms with van der Waals surface area (Å²) in [6, 6.07) is 2.81. The largest absolute Gasteiger partial charge is 0.325 e. The second-order valence-corrected chi connectivity index (χ2v) is 5.24. The topological polar surface area (TPSA) is 64.7 Å². The zero-order valence-electron chi connectivity index (χ0n) is 11.9. The van der Waals surface area contributed by atoms with Gasteiger partial charge in [-0.05, 0) is 24.1 Å². The lowest BCUT2D eigenvalue weighted by Gasteiger charge is -2.32. The van der Waals surface area contributed by atoms with Gasteiger partial charge in [0.1, 0.15) is 12.0 Å². The van der Waals surface area contributed by atoms with Crippen LogP contribution in [-0.4, -0.2) is 30.4 Å². The van der Waals surface area contributed by atoms with Gasteiger partial charge in [-0.2, -0.15) is 0 Å². The molecule has 2 heterocycles. The van der Waals surface area contributed by atoms with Crippen molar-refractivity contribution in [1.82, 2.24) is 15.6 Å². The fraction of sp³-hybridized carbons (Fsp3) is 0.429. The minimum atomic E-state index is -0.460.